The topological polar surface area (TPSA) is 67.2 Å². The van der Waals surface area contributed by atoms with Crippen molar-refractivity contribution in [3.8, 4) is 5.69 Å². The van der Waals surface area contributed by atoms with Crippen LogP contribution in [-0.2, 0) is 17.8 Å². The summed E-state index contributed by atoms with van der Waals surface area (Å²) in [6.45, 7) is 2.91. The third kappa shape index (κ3) is 4.03. The van der Waals surface area contributed by atoms with Crippen molar-refractivity contribution in [2.75, 3.05) is 11.4 Å². The number of hydrogen-bond donors (Lipinski definition) is 1. The van der Waals surface area contributed by atoms with Crippen molar-refractivity contribution in [1.29, 1.82) is 0 Å². The highest BCUT2D eigenvalue weighted by Gasteiger charge is 2.24. The number of anilines is 1. The van der Waals surface area contributed by atoms with Crippen LogP contribution in [0.4, 0.5) is 5.69 Å². The second-order valence-electron chi connectivity index (χ2n) is 6.94. The number of carbonyl (C=O) groups excluding carboxylic acids is 2. The summed E-state index contributed by atoms with van der Waals surface area (Å²) < 4.78 is 1.74. The first kappa shape index (κ1) is 19.2. The fourth-order valence-electron chi connectivity index (χ4n) is 3.46. The van der Waals surface area contributed by atoms with Crippen LogP contribution in [0.5, 0.6) is 0 Å². The van der Waals surface area contributed by atoms with Gasteiger partial charge in [0.2, 0.25) is 5.91 Å². The molecule has 148 valence electrons. The van der Waals surface area contributed by atoms with Crippen LogP contribution in [0, 0.1) is 0 Å². The molecule has 0 fully saturated rings. The van der Waals surface area contributed by atoms with Gasteiger partial charge in [-0.05, 0) is 54.4 Å². The molecule has 1 N–H and O–H groups in total. The number of halogens is 1. The normalized spacial score (nSPS) is 12.7. The van der Waals surface area contributed by atoms with Crippen LogP contribution in [0.3, 0.4) is 0 Å². The highest BCUT2D eigenvalue weighted by molar-refractivity contribution is 6.30. The first-order chi connectivity index (χ1) is 14.0. The molecule has 4 rings (SSSR count). The Morgan fingerprint density at radius 1 is 1.17 bits per heavy atom. The second-order valence-corrected chi connectivity index (χ2v) is 7.38. The van der Waals surface area contributed by atoms with Crippen molar-refractivity contribution in [2.24, 2.45) is 0 Å². The summed E-state index contributed by atoms with van der Waals surface area (Å²) in [4.78, 5) is 26.4. The highest BCUT2D eigenvalue weighted by atomic mass is 35.5. The van der Waals surface area contributed by atoms with Crippen LogP contribution >= 0.6 is 11.6 Å². The van der Waals surface area contributed by atoms with Gasteiger partial charge in [-0.15, -0.1) is 0 Å². The number of aromatic nitrogens is 2. The average molecular weight is 409 g/mol. The lowest BCUT2D eigenvalue weighted by Crippen LogP contribution is -2.27. The van der Waals surface area contributed by atoms with Gasteiger partial charge in [0.05, 0.1) is 11.9 Å². The predicted molar refractivity (Wildman–Crippen MR) is 113 cm³/mol. The first-order valence-electron chi connectivity index (χ1n) is 9.56. The van der Waals surface area contributed by atoms with E-state index < -0.39 is 0 Å². The molecule has 1 aliphatic rings. The molecule has 0 saturated carbocycles. The maximum absolute atomic E-state index is 12.6. The summed E-state index contributed by atoms with van der Waals surface area (Å²) in [7, 11) is 0. The van der Waals surface area contributed by atoms with Crippen molar-refractivity contribution in [3.63, 3.8) is 0 Å². The van der Waals surface area contributed by atoms with Gasteiger partial charge in [0.15, 0.2) is 0 Å². The molecule has 1 aromatic heterocycles. The maximum atomic E-state index is 12.6. The molecule has 2 heterocycles. The third-order valence-corrected chi connectivity index (χ3v) is 5.27. The van der Waals surface area contributed by atoms with E-state index in [9.17, 15) is 9.59 Å². The van der Waals surface area contributed by atoms with Crippen LogP contribution < -0.4 is 10.2 Å². The zero-order valence-corrected chi connectivity index (χ0v) is 16.8. The summed E-state index contributed by atoms with van der Waals surface area (Å²) in [6.07, 6.45) is 4.85. The van der Waals surface area contributed by atoms with Crippen LogP contribution in [-0.4, -0.2) is 28.1 Å². The van der Waals surface area contributed by atoms with Crippen LogP contribution in [0.25, 0.3) is 5.69 Å². The van der Waals surface area contributed by atoms with E-state index in [-0.39, 0.29) is 11.8 Å². The third-order valence-electron chi connectivity index (χ3n) is 5.02. The lowest BCUT2D eigenvalue weighted by Gasteiger charge is -2.16. The molecule has 2 amide bonds. The molecular formula is C22H21ClN4O2. The fraction of sp³-hybridized carbons (Fsp3) is 0.227. The number of carbonyl (C=O) groups is 2. The Morgan fingerprint density at radius 3 is 2.72 bits per heavy atom. The molecule has 0 radical (unpaired) electrons. The number of nitrogens with one attached hydrogen (secondary N) is 1. The van der Waals surface area contributed by atoms with Crippen molar-refractivity contribution in [1.82, 2.24) is 15.1 Å². The largest absolute Gasteiger partial charge is 0.348 e. The minimum absolute atomic E-state index is 0.110. The quantitative estimate of drug-likeness (QED) is 0.699. The van der Waals surface area contributed by atoms with E-state index in [2.05, 4.69) is 10.4 Å². The van der Waals surface area contributed by atoms with Gasteiger partial charge >= 0.3 is 0 Å². The van der Waals surface area contributed by atoms with E-state index >= 15 is 0 Å². The molecule has 2 aromatic carbocycles. The van der Waals surface area contributed by atoms with Crippen molar-refractivity contribution < 1.29 is 9.59 Å². The van der Waals surface area contributed by atoms with Gasteiger partial charge in [0, 0.05) is 47.5 Å². The number of amides is 2. The van der Waals surface area contributed by atoms with Crippen LogP contribution in [0.2, 0.25) is 5.02 Å². The van der Waals surface area contributed by atoms with Gasteiger partial charge < -0.3 is 10.2 Å². The Hall–Kier alpha value is -3.12. The molecular weight excluding hydrogens is 388 g/mol. The number of rotatable bonds is 5. The van der Waals surface area contributed by atoms with Gasteiger partial charge in [-0.3, -0.25) is 9.59 Å². The van der Waals surface area contributed by atoms with Gasteiger partial charge in [0.1, 0.15) is 0 Å². The SMILES string of the molecule is CCC(=O)N1CCc2cc(C(=O)NCc3cnn(-c4ccc(Cl)cc4)c3)ccc21. The molecule has 0 spiro atoms. The Labute approximate surface area is 174 Å². The van der Waals surface area contributed by atoms with E-state index in [4.69, 9.17) is 11.6 Å². The lowest BCUT2D eigenvalue weighted by molar-refractivity contribution is -0.118. The van der Waals surface area contributed by atoms with Gasteiger partial charge in [0.25, 0.3) is 5.91 Å². The Balaban J connectivity index is 1.41. The second kappa shape index (κ2) is 8.09. The predicted octanol–water partition coefficient (Wildman–Crippen LogP) is 3.75. The Kier molecular flexibility index (Phi) is 5.36. The Morgan fingerprint density at radius 2 is 1.97 bits per heavy atom. The molecule has 0 bridgehead atoms. The van der Waals surface area contributed by atoms with Gasteiger partial charge in [-0.25, -0.2) is 4.68 Å². The minimum Gasteiger partial charge on any atom is -0.348 e. The van der Waals surface area contributed by atoms with E-state index in [0.717, 1.165) is 28.9 Å². The van der Waals surface area contributed by atoms with E-state index in [1.807, 2.05) is 49.5 Å². The molecule has 29 heavy (non-hydrogen) atoms. The smallest absolute Gasteiger partial charge is 0.251 e. The zero-order chi connectivity index (χ0) is 20.4. The standard InChI is InChI=1S/C22H21ClN4O2/c1-2-21(28)26-10-9-16-11-17(3-8-20(16)26)22(29)24-12-15-13-25-27(14-15)19-6-4-18(23)5-7-19/h3-8,11,13-14H,2,9-10,12H2,1H3,(H,24,29). The Bertz CT molecular complexity index is 1060. The number of benzene rings is 2. The average Bonchev–Trinajstić information content (AvgIpc) is 3.38. The monoisotopic (exact) mass is 408 g/mol. The first-order valence-corrected chi connectivity index (χ1v) is 9.94. The summed E-state index contributed by atoms with van der Waals surface area (Å²) >= 11 is 5.92. The van der Waals surface area contributed by atoms with Crippen LogP contribution in [0.15, 0.2) is 54.9 Å². The van der Waals surface area contributed by atoms with Crippen molar-refractivity contribution in [2.45, 2.75) is 26.3 Å². The molecule has 3 aromatic rings. The molecule has 6 nitrogen and oxygen atoms in total. The number of hydrogen-bond acceptors (Lipinski definition) is 3. The van der Waals surface area contributed by atoms with E-state index in [1.54, 1.807) is 21.8 Å². The lowest BCUT2D eigenvalue weighted by atomic mass is 10.1. The minimum atomic E-state index is -0.146. The summed E-state index contributed by atoms with van der Waals surface area (Å²) in [6, 6.07) is 12.9. The summed E-state index contributed by atoms with van der Waals surface area (Å²) in [5.74, 6) is -0.0361. The summed E-state index contributed by atoms with van der Waals surface area (Å²) in [5, 5.41) is 7.93. The van der Waals surface area contributed by atoms with Crippen LogP contribution in [0.1, 0.15) is 34.8 Å². The number of nitrogens with zero attached hydrogens (tertiary/aromatic N) is 3. The molecule has 7 heteroatoms. The molecule has 1 aliphatic heterocycles. The zero-order valence-electron chi connectivity index (χ0n) is 16.1. The fourth-order valence-corrected chi connectivity index (χ4v) is 3.59. The van der Waals surface area contributed by atoms with Crippen molar-refractivity contribution >= 4 is 29.1 Å². The highest BCUT2D eigenvalue weighted by Crippen LogP contribution is 2.29. The molecule has 0 saturated heterocycles. The maximum Gasteiger partial charge on any atom is 0.251 e. The van der Waals surface area contributed by atoms with E-state index in [1.165, 1.54) is 0 Å². The molecule has 0 aliphatic carbocycles. The molecule has 0 unspecified atom stereocenters. The number of fused-ring (bicyclic) bond motifs is 1. The van der Waals surface area contributed by atoms with Crippen molar-refractivity contribution in [3.05, 3.63) is 76.6 Å². The van der Waals surface area contributed by atoms with Gasteiger partial charge in [-0.1, -0.05) is 18.5 Å². The van der Waals surface area contributed by atoms with Gasteiger partial charge in [-0.2, -0.15) is 5.10 Å². The van der Waals surface area contributed by atoms with E-state index in [0.29, 0.717) is 30.1 Å². The summed E-state index contributed by atoms with van der Waals surface area (Å²) in [5.41, 5.74) is 4.35. The molecule has 0 atom stereocenters.